The normalized spacial score (nSPS) is 11.2. The molecular formula is C10H15ClN4O. The van der Waals surface area contributed by atoms with Crippen LogP contribution >= 0.6 is 11.6 Å². The Morgan fingerprint density at radius 1 is 1.50 bits per heavy atom. The minimum absolute atomic E-state index is 0.0817. The largest absolute Gasteiger partial charge is 0.368 e. The molecule has 5 nitrogen and oxygen atoms in total. The maximum absolute atomic E-state index is 11.6. The number of halogens is 1. The summed E-state index contributed by atoms with van der Waals surface area (Å²) in [5.74, 6) is 0.620. The number of anilines is 2. The third-order valence-corrected chi connectivity index (χ3v) is 2.17. The molecule has 0 bridgehead atoms. The fourth-order valence-corrected chi connectivity index (χ4v) is 1.15. The lowest BCUT2D eigenvalue weighted by Crippen LogP contribution is -2.27. The van der Waals surface area contributed by atoms with Gasteiger partial charge >= 0.3 is 0 Å². The third kappa shape index (κ3) is 3.66. The van der Waals surface area contributed by atoms with Gasteiger partial charge in [0, 0.05) is 11.5 Å². The van der Waals surface area contributed by atoms with Gasteiger partial charge in [0.1, 0.15) is 11.0 Å². The molecule has 1 aromatic rings. The molecule has 0 aliphatic heterocycles. The molecular weight excluding hydrogens is 228 g/mol. The summed E-state index contributed by atoms with van der Waals surface area (Å²) in [4.78, 5) is 19.3. The van der Waals surface area contributed by atoms with Crippen LogP contribution in [0.5, 0.6) is 0 Å². The molecule has 0 atom stereocenters. The van der Waals surface area contributed by atoms with Gasteiger partial charge in [0.25, 0.3) is 0 Å². The highest BCUT2D eigenvalue weighted by Crippen LogP contribution is 2.16. The zero-order valence-electron chi connectivity index (χ0n) is 9.54. The Labute approximate surface area is 99.4 Å². The van der Waals surface area contributed by atoms with E-state index in [0.717, 1.165) is 0 Å². The van der Waals surface area contributed by atoms with Crippen LogP contribution < -0.4 is 11.1 Å². The summed E-state index contributed by atoms with van der Waals surface area (Å²) in [5, 5.41) is 3.12. The van der Waals surface area contributed by atoms with Crippen LogP contribution in [0.2, 0.25) is 5.15 Å². The average molecular weight is 243 g/mol. The zero-order chi connectivity index (χ0) is 12.3. The first-order chi connectivity index (χ1) is 7.29. The zero-order valence-corrected chi connectivity index (χ0v) is 10.3. The number of carbonyl (C=O) groups excluding carboxylic acids is 1. The van der Waals surface area contributed by atoms with Crippen LogP contribution in [0.3, 0.4) is 0 Å². The highest BCUT2D eigenvalue weighted by molar-refractivity contribution is 6.29. The average Bonchev–Trinajstić information content (AvgIpc) is 2.11. The van der Waals surface area contributed by atoms with E-state index in [0.29, 0.717) is 5.82 Å². The molecule has 1 rings (SSSR count). The van der Waals surface area contributed by atoms with E-state index in [1.54, 1.807) is 0 Å². The summed E-state index contributed by atoms with van der Waals surface area (Å²) >= 11 is 5.70. The number of nitrogens with zero attached hydrogens (tertiary/aromatic N) is 2. The van der Waals surface area contributed by atoms with Crippen molar-refractivity contribution in [3.8, 4) is 0 Å². The molecule has 0 saturated heterocycles. The van der Waals surface area contributed by atoms with Crippen LogP contribution in [-0.4, -0.2) is 22.3 Å². The van der Waals surface area contributed by atoms with Crippen molar-refractivity contribution in [2.75, 3.05) is 17.6 Å². The van der Waals surface area contributed by atoms with Crippen LogP contribution in [0.25, 0.3) is 0 Å². The number of Topliss-reactive ketones (excluding diaryl/α,β-unsaturated/α-hetero) is 1. The number of aromatic nitrogens is 2. The summed E-state index contributed by atoms with van der Waals surface area (Å²) in [5.41, 5.74) is 5.04. The van der Waals surface area contributed by atoms with Crippen LogP contribution in [0.4, 0.5) is 11.8 Å². The number of ketones is 1. The highest BCUT2D eigenvalue weighted by atomic mass is 35.5. The third-order valence-electron chi connectivity index (χ3n) is 1.98. The van der Waals surface area contributed by atoms with Crippen molar-refractivity contribution in [1.29, 1.82) is 0 Å². The van der Waals surface area contributed by atoms with Gasteiger partial charge in [-0.2, -0.15) is 4.98 Å². The van der Waals surface area contributed by atoms with E-state index < -0.39 is 0 Å². The van der Waals surface area contributed by atoms with E-state index in [1.807, 2.05) is 20.8 Å². The van der Waals surface area contributed by atoms with Crippen molar-refractivity contribution in [3.05, 3.63) is 11.2 Å². The molecule has 0 amide bonds. The van der Waals surface area contributed by atoms with E-state index in [4.69, 9.17) is 17.3 Å². The molecule has 0 radical (unpaired) electrons. The van der Waals surface area contributed by atoms with Gasteiger partial charge in [-0.15, -0.1) is 0 Å². The smallest absolute Gasteiger partial charge is 0.223 e. The SMILES string of the molecule is CC(C)(C)C(=O)CNc1cc(Cl)nc(N)n1. The van der Waals surface area contributed by atoms with Crippen LogP contribution in [-0.2, 0) is 4.79 Å². The number of nitrogen functional groups attached to an aromatic ring is 1. The number of carbonyl (C=O) groups is 1. The van der Waals surface area contributed by atoms with Crippen molar-refractivity contribution < 1.29 is 4.79 Å². The van der Waals surface area contributed by atoms with Gasteiger partial charge in [0.05, 0.1) is 6.54 Å². The van der Waals surface area contributed by atoms with Gasteiger partial charge in [-0.25, -0.2) is 4.98 Å². The molecule has 88 valence electrons. The predicted molar refractivity (Wildman–Crippen MR) is 64.4 cm³/mol. The number of nitrogens with two attached hydrogens (primary N) is 1. The second-order valence-corrected chi connectivity index (χ2v) is 4.85. The Morgan fingerprint density at radius 3 is 2.62 bits per heavy atom. The molecule has 0 aromatic carbocycles. The number of hydrogen-bond donors (Lipinski definition) is 2. The standard InChI is InChI=1S/C10H15ClN4O/c1-10(2,3)6(16)5-13-8-4-7(11)14-9(12)15-8/h4H,5H2,1-3H3,(H3,12,13,14,15). The van der Waals surface area contributed by atoms with Gasteiger partial charge in [-0.3, -0.25) is 4.79 Å². The van der Waals surface area contributed by atoms with Crippen molar-refractivity contribution in [3.63, 3.8) is 0 Å². The Balaban J connectivity index is 2.65. The van der Waals surface area contributed by atoms with Crippen molar-refractivity contribution in [1.82, 2.24) is 9.97 Å². The van der Waals surface area contributed by atoms with Crippen LogP contribution in [0.15, 0.2) is 6.07 Å². The quantitative estimate of drug-likeness (QED) is 0.789. The Kier molecular flexibility index (Phi) is 3.70. The van der Waals surface area contributed by atoms with Gasteiger partial charge < -0.3 is 11.1 Å². The second kappa shape index (κ2) is 4.65. The lowest BCUT2D eigenvalue weighted by molar-refractivity contribution is -0.124. The molecule has 6 heteroatoms. The molecule has 0 saturated carbocycles. The maximum Gasteiger partial charge on any atom is 0.223 e. The number of rotatable bonds is 3. The van der Waals surface area contributed by atoms with Gasteiger partial charge in [0.15, 0.2) is 5.78 Å². The summed E-state index contributed by atoms with van der Waals surface area (Å²) < 4.78 is 0. The van der Waals surface area contributed by atoms with Gasteiger partial charge in [-0.05, 0) is 0 Å². The van der Waals surface area contributed by atoms with Crippen LogP contribution in [0, 0.1) is 5.41 Å². The first-order valence-corrected chi connectivity index (χ1v) is 5.24. The fraction of sp³-hybridized carbons (Fsp3) is 0.500. The molecule has 0 fully saturated rings. The summed E-state index contributed by atoms with van der Waals surface area (Å²) in [7, 11) is 0. The van der Waals surface area contributed by atoms with E-state index in [-0.39, 0.29) is 28.8 Å². The van der Waals surface area contributed by atoms with Crippen molar-refractivity contribution in [2.45, 2.75) is 20.8 Å². The first-order valence-electron chi connectivity index (χ1n) is 4.86. The van der Waals surface area contributed by atoms with Gasteiger partial charge in [0.2, 0.25) is 5.95 Å². The Hall–Kier alpha value is -1.36. The minimum atomic E-state index is -0.380. The molecule has 3 N–H and O–H groups in total. The summed E-state index contributed by atoms with van der Waals surface area (Å²) in [6, 6.07) is 1.52. The molecule has 16 heavy (non-hydrogen) atoms. The van der Waals surface area contributed by atoms with Crippen molar-refractivity contribution in [2.24, 2.45) is 5.41 Å². The molecule has 0 aliphatic carbocycles. The Bertz CT molecular complexity index is 380. The summed E-state index contributed by atoms with van der Waals surface area (Å²) in [6.07, 6.45) is 0. The fourth-order valence-electron chi connectivity index (χ4n) is 0.962. The molecule has 0 spiro atoms. The van der Waals surface area contributed by atoms with E-state index in [2.05, 4.69) is 15.3 Å². The topological polar surface area (TPSA) is 80.9 Å². The van der Waals surface area contributed by atoms with Crippen molar-refractivity contribution >= 4 is 29.2 Å². The lowest BCUT2D eigenvalue weighted by Gasteiger charge is -2.16. The molecule has 0 aliphatic rings. The second-order valence-electron chi connectivity index (χ2n) is 4.46. The number of nitrogens with one attached hydrogen (secondary N) is 1. The van der Waals surface area contributed by atoms with Gasteiger partial charge in [-0.1, -0.05) is 32.4 Å². The molecule has 1 heterocycles. The molecule has 1 aromatic heterocycles. The monoisotopic (exact) mass is 242 g/mol. The predicted octanol–water partition coefficient (Wildman–Crippen LogP) is 1.74. The Morgan fingerprint density at radius 2 is 2.12 bits per heavy atom. The minimum Gasteiger partial charge on any atom is -0.368 e. The van der Waals surface area contributed by atoms with E-state index >= 15 is 0 Å². The lowest BCUT2D eigenvalue weighted by atomic mass is 9.91. The number of hydrogen-bond acceptors (Lipinski definition) is 5. The molecule has 0 unspecified atom stereocenters. The summed E-state index contributed by atoms with van der Waals surface area (Å²) in [6.45, 7) is 5.77. The van der Waals surface area contributed by atoms with Crippen LogP contribution in [0.1, 0.15) is 20.8 Å². The van der Waals surface area contributed by atoms with E-state index in [1.165, 1.54) is 6.07 Å². The van der Waals surface area contributed by atoms with E-state index in [9.17, 15) is 4.79 Å². The maximum atomic E-state index is 11.6. The first kappa shape index (κ1) is 12.7. The highest BCUT2D eigenvalue weighted by Gasteiger charge is 2.20.